The van der Waals surface area contributed by atoms with Crippen LogP contribution in [0, 0.1) is 5.41 Å². The molecule has 1 aliphatic carbocycles. The molecule has 0 spiro atoms. The van der Waals surface area contributed by atoms with Gasteiger partial charge >= 0.3 is 0 Å². The first-order valence-corrected chi connectivity index (χ1v) is 6.94. The molecule has 1 rings (SSSR count). The molecule has 2 N–H and O–H groups in total. The number of hydrogen-bond donors (Lipinski definition) is 3. The smallest absolute Gasteiger partial charge is 0.0558 e. The largest absolute Gasteiger partial charge is 0.395 e. The molecule has 1 fully saturated rings. The van der Waals surface area contributed by atoms with Crippen molar-refractivity contribution in [3.63, 3.8) is 0 Å². The maximum atomic E-state index is 9.01. The highest BCUT2D eigenvalue weighted by atomic mass is 32.1. The number of rotatable bonds is 7. The zero-order valence-corrected chi connectivity index (χ0v) is 11.0. The van der Waals surface area contributed by atoms with Crippen LogP contribution in [0.3, 0.4) is 0 Å². The summed E-state index contributed by atoms with van der Waals surface area (Å²) in [5.74, 6) is 0.917. The Morgan fingerprint density at radius 2 is 1.56 bits per heavy atom. The average Bonchev–Trinajstić information content (AvgIpc) is 2.31. The van der Waals surface area contributed by atoms with Gasteiger partial charge in [0.1, 0.15) is 0 Å². The van der Waals surface area contributed by atoms with Crippen molar-refractivity contribution < 1.29 is 10.2 Å². The fraction of sp³-hybridized carbons (Fsp3) is 1.00. The third-order valence-electron chi connectivity index (χ3n) is 3.64. The SMILES string of the molecule is OCCN(CCO)CC1(CS)CCCCC1. The van der Waals surface area contributed by atoms with E-state index in [9.17, 15) is 0 Å². The molecule has 3 nitrogen and oxygen atoms in total. The number of thiol groups is 1. The van der Waals surface area contributed by atoms with E-state index in [1.807, 2.05) is 0 Å². The molecule has 0 saturated heterocycles. The van der Waals surface area contributed by atoms with E-state index in [4.69, 9.17) is 10.2 Å². The lowest BCUT2D eigenvalue weighted by atomic mass is 9.75. The third kappa shape index (κ3) is 4.24. The molecule has 0 aromatic carbocycles. The minimum absolute atomic E-state index is 0.169. The molecule has 4 heteroatoms. The van der Waals surface area contributed by atoms with Crippen molar-refractivity contribution in [1.29, 1.82) is 0 Å². The Bertz CT molecular complexity index is 178. The molecule has 0 atom stereocenters. The van der Waals surface area contributed by atoms with Gasteiger partial charge < -0.3 is 10.2 Å². The van der Waals surface area contributed by atoms with E-state index >= 15 is 0 Å². The molecule has 96 valence electrons. The van der Waals surface area contributed by atoms with Crippen LogP contribution in [0.25, 0.3) is 0 Å². The van der Waals surface area contributed by atoms with E-state index in [1.54, 1.807) is 0 Å². The fourth-order valence-electron chi connectivity index (χ4n) is 2.70. The topological polar surface area (TPSA) is 43.7 Å². The Balaban J connectivity index is 2.50. The molecule has 0 bridgehead atoms. The molecule has 0 unspecified atom stereocenters. The van der Waals surface area contributed by atoms with E-state index < -0.39 is 0 Å². The monoisotopic (exact) mass is 247 g/mol. The molecular weight excluding hydrogens is 222 g/mol. The molecule has 0 aromatic heterocycles. The normalized spacial score (nSPS) is 20.2. The van der Waals surface area contributed by atoms with Gasteiger partial charge in [0, 0.05) is 19.6 Å². The lowest BCUT2D eigenvalue weighted by Crippen LogP contribution is -2.42. The predicted octanol–water partition coefficient (Wildman–Crippen LogP) is 1.15. The van der Waals surface area contributed by atoms with Crippen LogP contribution >= 0.6 is 12.6 Å². The lowest BCUT2D eigenvalue weighted by Gasteiger charge is -2.40. The summed E-state index contributed by atoms with van der Waals surface area (Å²) in [5.41, 5.74) is 0.311. The highest BCUT2D eigenvalue weighted by Gasteiger charge is 2.32. The third-order valence-corrected chi connectivity index (χ3v) is 4.31. The first-order valence-electron chi connectivity index (χ1n) is 6.31. The zero-order chi connectivity index (χ0) is 11.9. The summed E-state index contributed by atoms with van der Waals surface area (Å²) in [5, 5.41) is 18.0. The van der Waals surface area contributed by atoms with E-state index in [1.165, 1.54) is 32.1 Å². The lowest BCUT2D eigenvalue weighted by molar-refractivity contribution is 0.0922. The van der Waals surface area contributed by atoms with Gasteiger partial charge in [-0.2, -0.15) is 12.6 Å². The van der Waals surface area contributed by atoms with Crippen LogP contribution < -0.4 is 0 Å². The van der Waals surface area contributed by atoms with Crippen molar-refractivity contribution in [3.8, 4) is 0 Å². The van der Waals surface area contributed by atoms with E-state index in [0.717, 1.165) is 12.3 Å². The highest BCUT2D eigenvalue weighted by Crippen LogP contribution is 2.37. The molecule has 0 aromatic rings. The van der Waals surface area contributed by atoms with Crippen LogP contribution in [0.2, 0.25) is 0 Å². The summed E-state index contributed by atoms with van der Waals surface area (Å²) in [6.07, 6.45) is 6.42. The summed E-state index contributed by atoms with van der Waals surface area (Å²) in [7, 11) is 0. The predicted molar refractivity (Wildman–Crippen MR) is 70.0 cm³/mol. The standard InChI is InChI=1S/C12H25NO2S/c14-8-6-13(7-9-15)10-12(11-16)4-2-1-3-5-12/h14-16H,1-11H2. The van der Waals surface area contributed by atoms with E-state index in [2.05, 4.69) is 17.5 Å². The maximum Gasteiger partial charge on any atom is 0.0558 e. The van der Waals surface area contributed by atoms with Gasteiger partial charge in [0.15, 0.2) is 0 Å². The summed E-state index contributed by atoms with van der Waals surface area (Å²) < 4.78 is 0. The molecule has 1 saturated carbocycles. The van der Waals surface area contributed by atoms with Crippen LogP contribution in [0.1, 0.15) is 32.1 Å². The highest BCUT2D eigenvalue weighted by molar-refractivity contribution is 7.80. The molecule has 0 aliphatic heterocycles. The Morgan fingerprint density at radius 3 is 2.00 bits per heavy atom. The van der Waals surface area contributed by atoms with Gasteiger partial charge in [0.2, 0.25) is 0 Å². The van der Waals surface area contributed by atoms with Gasteiger partial charge in [0.05, 0.1) is 13.2 Å². The molecular formula is C12H25NO2S. The Kier molecular flexibility index (Phi) is 6.73. The Morgan fingerprint density at radius 1 is 1.00 bits per heavy atom. The average molecular weight is 247 g/mol. The zero-order valence-electron chi connectivity index (χ0n) is 10.1. The molecule has 0 amide bonds. The van der Waals surface area contributed by atoms with E-state index in [0.29, 0.717) is 18.5 Å². The van der Waals surface area contributed by atoms with Gasteiger partial charge in [-0.05, 0) is 24.0 Å². The van der Waals surface area contributed by atoms with Gasteiger partial charge in [0.25, 0.3) is 0 Å². The molecule has 0 radical (unpaired) electrons. The summed E-state index contributed by atoms with van der Waals surface area (Å²) in [6, 6.07) is 0. The second-order valence-corrected chi connectivity index (χ2v) is 5.26. The number of aliphatic hydroxyl groups excluding tert-OH is 2. The number of aliphatic hydroxyl groups is 2. The van der Waals surface area contributed by atoms with Crippen molar-refractivity contribution in [1.82, 2.24) is 4.90 Å². The molecule has 1 aliphatic rings. The van der Waals surface area contributed by atoms with Crippen molar-refractivity contribution in [2.24, 2.45) is 5.41 Å². The quantitative estimate of drug-likeness (QED) is 0.591. The van der Waals surface area contributed by atoms with Crippen molar-refractivity contribution in [2.75, 3.05) is 38.6 Å². The molecule has 16 heavy (non-hydrogen) atoms. The summed E-state index contributed by atoms with van der Waals surface area (Å²) in [6.45, 7) is 2.63. The van der Waals surface area contributed by atoms with Crippen molar-refractivity contribution in [2.45, 2.75) is 32.1 Å². The Labute approximate surface area is 104 Å². The van der Waals surface area contributed by atoms with Crippen molar-refractivity contribution >= 4 is 12.6 Å². The second-order valence-electron chi connectivity index (χ2n) is 4.94. The van der Waals surface area contributed by atoms with Crippen molar-refractivity contribution in [3.05, 3.63) is 0 Å². The van der Waals surface area contributed by atoms with Crippen LogP contribution in [-0.4, -0.2) is 53.7 Å². The van der Waals surface area contributed by atoms with Gasteiger partial charge in [-0.15, -0.1) is 0 Å². The maximum absolute atomic E-state index is 9.01. The van der Waals surface area contributed by atoms with E-state index in [-0.39, 0.29) is 13.2 Å². The molecule has 0 heterocycles. The van der Waals surface area contributed by atoms with Crippen LogP contribution in [0.5, 0.6) is 0 Å². The second kappa shape index (κ2) is 7.54. The minimum Gasteiger partial charge on any atom is -0.395 e. The van der Waals surface area contributed by atoms with Crippen LogP contribution in [0.15, 0.2) is 0 Å². The first-order chi connectivity index (χ1) is 7.76. The van der Waals surface area contributed by atoms with Crippen LogP contribution in [0.4, 0.5) is 0 Å². The van der Waals surface area contributed by atoms with Gasteiger partial charge in [-0.1, -0.05) is 19.3 Å². The minimum atomic E-state index is 0.169. The van der Waals surface area contributed by atoms with Gasteiger partial charge in [-0.25, -0.2) is 0 Å². The first kappa shape index (κ1) is 14.3. The summed E-state index contributed by atoms with van der Waals surface area (Å²) in [4.78, 5) is 2.17. The fourth-order valence-corrected chi connectivity index (χ4v) is 3.11. The number of nitrogens with zero attached hydrogens (tertiary/aromatic N) is 1. The van der Waals surface area contributed by atoms with Crippen LogP contribution in [-0.2, 0) is 0 Å². The van der Waals surface area contributed by atoms with Gasteiger partial charge in [-0.3, -0.25) is 4.90 Å². The summed E-state index contributed by atoms with van der Waals surface area (Å²) >= 11 is 4.51. The number of hydrogen-bond acceptors (Lipinski definition) is 4. The Hall–Kier alpha value is 0.230.